The van der Waals surface area contributed by atoms with Crippen molar-refractivity contribution in [1.29, 1.82) is 0 Å². The van der Waals surface area contributed by atoms with Crippen molar-refractivity contribution in [2.75, 3.05) is 0 Å². The van der Waals surface area contributed by atoms with E-state index in [-0.39, 0.29) is 0 Å². The van der Waals surface area contributed by atoms with Crippen LogP contribution in [0.25, 0.3) is 0 Å². The van der Waals surface area contributed by atoms with E-state index in [0.717, 1.165) is 0 Å². The van der Waals surface area contributed by atoms with E-state index in [0.29, 0.717) is 0 Å². The smallest absolute Gasteiger partial charge is 0.206 e. The van der Waals surface area contributed by atoms with Gasteiger partial charge in [0, 0.05) is 0 Å². The summed E-state index contributed by atoms with van der Waals surface area (Å²) < 4.78 is 120. The maximum absolute atomic E-state index is 12.6. The summed E-state index contributed by atoms with van der Waals surface area (Å²) in [5.74, 6) is -15.2. The van der Waals surface area contributed by atoms with Gasteiger partial charge in [0.25, 0.3) is 6.08 Å². The Morgan fingerprint density at radius 1 is 0.824 bits per heavy atom. The van der Waals surface area contributed by atoms with Crippen molar-refractivity contribution >= 4 is 0 Å². The van der Waals surface area contributed by atoms with Gasteiger partial charge in [0.15, 0.2) is 0 Å². The first-order chi connectivity index (χ1) is 7.35. The molecule has 0 aromatic heterocycles. The van der Waals surface area contributed by atoms with Crippen LogP contribution in [0.2, 0.25) is 0 Å². The van der Waals surface area contributed by atoms with Crippen molar-refractivity contribution in [2.45, 2.75) is 18.0 Å². The predicted molar refractivity (Wildman–Crippen MR) is 33.3 cm³/mol. The van der Waals surface area contributed by atoms with Gasteiger partial charge >= 0.3 is 18.0 Å². The molecular formula is C7F10. The lowest BCUT2D eigenvalue weighted by Gasteiger charge is -2.26. The summed E-state index contributed by atoms with van der Waals surface area (Å²) in [6.45, 7) is 0. The van der Waals surface area contributed by atoms with Crippen LogP contribution in [0.15, 0.2) is 23.1 Å². The lowest BCUT2D eigenvalue weighted by atomic mass is 10.1. The van der Waals surface area contributed by atoms with E-state index in [4.69, 9.17) is 0 Å². The Bertz CT molecular complexity index is 405. The fourth-order valence-electron chi connectivity index (χ4n) is 0.972. The van der Waals surface area contributed by atoms with E-state index >= 15 is 0 Å². The van der Waals surface area contributed by atoms with Crippen molar-refractivity contribution in [1.82, 2.24) is 0 Å². The molecule has 0 radical (unpaired) electrons. The molecule has 0 nitrogen and oxygen atoms in total. The summed E-state index contributed by atoms with van der Waals surface area (Å²) in [5.41, 5.74) is -4.79. The van der Waals surface area contributed by atoms with Crippen LogP contribution in [0.1, 0.15) is 0 Å². The Kier molecular flexibility index (Phi) is 2.76. The summed E-state index contributed by atoms with van der Waals surface area (Å²) >= 11 is 0. The molecule has 1 aliphatic rings. The van der Waals surface area contributed by atoms with Crippen LogP contribution in [0.4, 0.5) is 43.9 Å². The molecule has 0 heterocycles. The standard InChI is InChI=1S/C7F10/c8-3-1(4(9)10)2(3)5(11,12)6(13,14)7(15,16)17. The molecule has 0 aromatic carbocycles. The maximum Gasteiger partial charge on any atom is 0.460 e. The van der Waals surface area contributed by atoms with Crippen LogP contribution in [0, 0.1) is 0 Å². The largest absolute Gasteiger partial charge is 0.460 e. The van der Waals surface area contributed by atoms with Gasteiger partial charge in [0.1, 0.15) is 5.83 Å². The Hall–Kier alpha value is -1.22. The van der Waals surface area contributed by atoms with E-state index < -0.39 is 41.1 Å². The molecule has 0 fully saturated rings. The Balaban J connectivity index is 3.21. The molecular weight excluding hydrogens is 274 g/mol. The molecule has 10 heteroatoms. The third-order valence-electron chi connectivity index (χ3n) is 1.88. The summed E-state index contributed by atoms with van der Waals surface area (Å²) in [7, 11) is 0. The number of allylic oxidation sites excluding steroid dienone is 3. The van der Waals surface area contributed by atoms with Gasteiger partial charge in [-0.05, 0) is 0 Å². The lowest BCUT2D eigenvalue weighted by Crippen LogP contribution is -2.51. The molecule has 0 unspecified atom stereocenters. The van der Waals surface area contributed by atoms with Gasteiger partial charge in [0.2, 0.25) is 0 Å². The van der Waals surface area contributed by atoms with Gasteiger partial charge in [-0.2, -0.15) is 39.5 Å². The van der Waals surface area contributed by atoms with Crippen molar-refractivity contribution in [3.05, 3.63) is 23.1 Å². The molecule has 0 saturated heterocycles. The zero-order valence-electron chi connectivity index (χ0n) is 7.28. The SMILES string of the molecule is FC(F)=C1C(F)=C1C(F)(F)C(F)(F)C(F)(F)F. The van der Waals surface area contributed by atoms with E-state index in [1.165, 1.54) is 0 Å². The minimum Gasteiger partial charge on any atom is -0.206 e. The average Bonchev–Trinajstić information content (AvgIpc) is 2.75. The second-order valence-corrected chi connectivity index (χ2v) is 2.97. The summed E-state index contributed by atoms with van der Waals surface area (Å²) in [6.07, 6.45) is -9.78. The number of rotatable bonds is 2. The van der Waals surface area contributed by atoms with Crippen LogP contribution in [-0.2, 0) is 0 Å². The van der Waals surface area contributed by atoms with E-state index in [9.17, 15) is 43.9 Å². The molecule has 17 heavy (non-hydrogen) atoms. The summed E-state index contributed by atoms with van der Waals surface area (Å²) in [6, 6.07) is 0. The highest BCUT2D eigenvalue weighted by Crippen LogP contribution is 2.59. The number of hydrogen-bond donors (Lipinski definition) is 0. The molecule has 98 valence electrons. The van der Waals surface area contributed by atoms with Crippen LogP contribution in [0.5, 0.6) is 0 Å². The molecule has 0 aliphatic heterocycles. The van der Waals surface area contributed by atoms with Crippen LogP contribution < -0.4 is 0 Å². The number of halogens is 10. The summed E-state index contributed by atoms with van der Waals surface area (Å²) in [4.78, 5) is 0. The molecule has 0 bridgehead atoms. The van der Waals surface area contributed by atoms with Crippen molar-refractivity contribution in [3.63, 3.8) is 0 Å². The molecule has 1 rings (SSSR count). The zero-order valence-corrected chi connectivity index (χ0v) is 7.28. The monoisotopic (exact) mass is 274 g/mol. The topological polar surface area (TPSA) is 0 Å². The zero-order chi connectivity index (χ0) is 13.8. The Morgan fingerprint density at radius 2 is 1.24 bits per heavy atom. The molecule has 0 N–H and O–H groups in total. The second-order valence-electron chi connectivity index (χ2n) is 2.97. The van der Waals surface area contributed by atoms with Crippen LogP contribution in [-0.4, -0.2) is 18.0 Å². The second kappa shape index (κ2) is 3.39. The fraction of sp³-hybridized carbons (Fsp3) is 0.429. The van der Waals surface area contributed by atoms with Gasteiger partial charge in [0.05, 0.1) is 11.1 Å². The van der Waals surface area contributed by atoms with Crippen molar-refractivity contribution in [2.24, 2.45) is 0 Å². The Morgan fingerprint density at radius 3 is 1.47 bits per heavy atom. The van der Waals surface area contributed by atoms with Crippen LogP contribution in [0.3, 0.4) is 0 Å². The first kappa shape index (κ1) is 13.8. The minimum atomic E-state index is -6.69. The van der Waals surface area contributed by atoms with Crippen molar-refractivity contribution in [3.8, 4) is 0 Å². The van der Waals surface area contributed by atoms with Crippen LogP contribution >= 0.6 is 0 Å². The third kappa shape index (κ3) is 1.78. The maximum atomic E-state index is 12.6. The van der Waals surface area contributed by atoms with E-state index in [2.05, 4.69) is 0 Å². The quantitative estimate of drug-likeness (QED) is 0.662. The van der Waals surface area contributed by atoms with Gasteiger partial charge in [-0.25, -0.2) is 4.39 Å². The molecule has 0 saturated carbocycles. The highest BCUT2D eigenvalue weighted by molar-refractivity contribution is 5.67. The third-order valence-corrected chi connectivity index (χ3v) is 1.88. The van der Waals surface area contributed by atoms with Gasteiger partial charge < -0.3 is 0 Å². The van der Waals surface area contributed by atoms with Gasteiger partial charge in [-0.1, -0.05) is 0 Å². The molecule has 0 atom stereocenters. The Labute approximate surface area is 86.2 Å². The molecule has 1 aliphatic carbocycles. The fourth-order valence-corrected chi connectivity index (χ4v) is 0.972. The predicted octanol–water partition coefficient (Wildman–Crippen LogP) is 4.21. The first-order valence-electron chi connectivity index (χ1n) is 3.64. The first-order valence-corrected chi connectivity index (χ1v) is 3.64. The molecule has 0 aromatic rings. The lowest BCUT2D eigenvalue weighted by molar-refractivity contribution is -0.343. The van der Waals surface area contributed by atoms with Crippen molar-refractivity contribution < 1.29 is 43.9 Å². The summed E-state index contributed by atoms with van der Waals surface area (Å²) in [5, 5.41) is 0. The highest BCUT2D eigenvalue weighted by Gasteiger charge is 2.77. The minimum absolute atomic E-state index is 2.18. The number of hydrogen-bond acceptors (Lipinski definition) is 0. The average molecular weight is 274 g/mol. The highest BCUT2D eigenvalue weighted by atomic mass is 19.4. The van der Waals surface area contributed by atoms with E-state index in [1.54, 1.807) is 0 Å². The molecule has 0 spiro atoms. The number of alkyl halides is 7. The molecule has 0 amide bonds. The van der Waals surface area contributed by atoms with E-state index in [1.807, 2.05) is 0 Å². The van der Waals surface area contributed by atoms with Gasteiger partial charge in [-0.15, -0.1) is 0 Å². The normalized spacial score (nSPS) is 17.6. The van der Waals surface area contributed by atoms with Gasteiger partial charge in [-0.3, -0.25) is 0 Å².